The van der Waals surface area contributed by atoms with Gasteiger partial charge in [0.1, 0.15) is 12.0 Å². The maximum Gasteiger partial charge on any atom is 0.394 e. The first-order valence-electron chi connectivity index (χ1n) is 10.5. The highest BCUT2D eigenvalue weighted by Gasteiger charge is 2.54. The van der Waals surface area contributed by atoms with E-state index in [4.69, 9.17) is 4.74 Å². The molecule has 6 heteroatoms. The van der Waals surface area contributed by atoms with Crippen molar-refractivity contribution in [2.24, 2.45) is 35.5 Å². The van der Waals surface area contributed by atoms with Crippen molar-refractivity contribution in [3.63, 3.8) is 0 Å². The Hall–Kier alpha value is -0.650. The van der Waals surface area contributed by atoms with Gasteiger partial charge in [-0.1, -0.05) is 6.92 Å². The van der Waals surface area contributed by atoms with E-state index in [0.29, 0.717) is 30.8 Å². The molecule has 3 fully saturated rings. The van der Waals surface area contributed by atoms with Crippen LogP contribution in [0.2, 0.25) is 0 Å². The summed E-state index contributed by atoms with van der Waals surface area (Å²) in [5.74, 6) is -3.31. The predicted octanol–water partition coefficient (Wildman–Crippen LogP) is 5.74. The van der Waals surface area contributed by atoms with Crippen LogP contribution in [0.1, 0.15) is 65.2 Å². The Balaban J connectivity index is 1.56. The highest BCUT2D eigenvalue weighted by molar-refractivity contribution is 5.84. The van der Waals surface area contributed by atoms with Gasteiger partial charge in [-0.3, -0.25) is 4.79 Å². The quantitative estimate of drug-likeness (QED) is 0.573. The third kappa shape index (κ3) is 4.68. The number of hydrogen-bond acceptors (Lipinski definition) is 2. The Bertz CT molecular complexity index is 505. The lowest BCUT2D eigenvalue weighted by molar-refractivity contribution is -0.218. The number of carbonyl (C=O) groups is 1. The van der Waals surface area contributed by atoms with Crippen molar-refractivity contribution in [3.8, 4) is 0 Å². The lowest BCUT2D eigenvalue weighted by Gasteiger charge is -2.41. The van der Waals surface area contributed by atoms with Crippen molar-refractivity contribution in [1.82, 2.24) is 0 Å². The van der Waals surface area contributed by atoms with Crippen molar-refractivity contribution in [2.45, 2.75) is 83.7 Å². The number of Topliss-reactive ketones (excluding diaryl/α,β-unsaturated/α-hetero) is 1. The zero-order chi connectivity index (χ0) is 19.8. The van der Waals surface area contributed by atoms with Gasteiger partial charge in [-0.15, -0.1) is 0 Å². The van der Waals surface area contributed by atoms with E-state index in [1.165, 1.54) is 6.92 Å². The maximum absolute atomic E-state index is 14.7. The van der Waals surface area contributed by atoms with Gasteiger partial charge in [-0.05, 0) is 76.0 Å². The fourth-order valence-corrected chi connectivity index (χ4v) is 5.60. The molecule has 1 saturated heterocycles. The first kappa shape index (κ1) is 21.1. The zero-order valence-electron chi connectivity index (χ0n) is 16.3. The van der Waals surface area contributed by atoms with Crippen molar-refractivity contribution in [1.29, 1.82) is 0 Å². The summed E-state index contributed by atoms with van der Waals surface area (Å²) in [6.45, 7) is 4.30. The molecule has 6 unspecified atom stereocenters. The molecule has 1 aliphatic heterocycles. The molecule has 0 aromatic heterocycles. The summed E-state index contributed by atoms with van der Waals surface area (Å²) < 4.78 is 60.2. The smallest absolute Gasteiger partial charge is 0.378 e. The minimum Gasteiger partial charge on any atom is -0.378 e. The lowest BCUT2D eigenvalue weighted by Crippen LogP contribution is -2.47. The van der Waals surface area contributed by atoms with Crippen LogP contribution in [-0.4, -0.2) is 30.8 Å². The van der Waals surface area contributed by atoms with Crippen LogP contribution >= 0.6 is 0 Å². The zero-order valence-corrected chi connectivity index (χ0v) is 16.3. The molecule has 6 atom stereocenters. The standard InChI is InChI=1S/C21H32F4O2/c1-12-3-10-17(19(22)18(12)21(23,24)25)20(26)15-8-6-14(7-9-15)16-5-4-13(2)27-11-16/h12-19H,3-11H2,1-2H3. The SMILES string of the molecule is CC1CCC(C2CCC(C(=O)C3CCC(C)C(C(F)(F)F)C3F)CC2)CO1. The van der Waals surface area contributed by atoms with Crippen LogP contribution in [0, 0.1) is 35.5 Å². The summed E-state index contributed by atoms with van der Waals surface area (Å²) in [6, 6.07) is 0. The van der Waals surface area contributed by atoms with Gasteiger partial charge < -0.3 is 4.74 Å². The number of ether oxygens (including phenoxy) is 1. The summed E-state index contributed by atoms with van der Waals surface area (Å²) in [5, 5.41) is 0. The number of carbonyl (C=O) groups excluding carboxylic acids is 1. The van der Waals surface area contributed by atoms with Crippen LogP contribution in [0.3, 0.4) is 0 Å². The summed E-state index contributed by atoms with van der Waals surface area (Å²) >= 11 is 0. The molecule has 0 N–H and O–H groups in total. The van der Waals surface area contributed by atoms with E-state index in [1.807, 2.05) is 0 Å². The third-order valence-electron chi connectivity index (χ3n) is 7.40. The van der Waals surface area contributed by atoms with Crippen LogP contribution < -0.4 is 0 Å². The average molecular weight is 392 g/mol. The van der Waals surface area contributed by atoms with Crippen LogP contribution in [0.5, 0.6) is 0 Å². The van der Waals surface area contributed by atoms with Crippen LogP contribution in [0.25, 0.3) is 0 Å². The lowest BCUT2D eigenvalue weighted by atomic mass is 9.66. The molecule has 3 rings (SSSR count). The van der Waals surface area contributed by atoms with Gasteiger partial charge in [0, 0.05) is 11.8 Å². The Morgan fingerprint density at radius 1 is 0.889 bits per heavy atom. The van der Waals surface area contributed by atoms with E-state index in [2.05, 4.69) is 6.92 Å². The van der Waals surface area contributed by atoms with Crippen LogP contribution in [-0.2, 0) is 9.53 Å². The van der Waals surface area contributed by atoms with E-state index in [-0.39, 0.29) is 24.5 Å². The molecule has 0 bridgehead atoms. The monoisotopic (exact) mass is 392 g/mol. The van der Waals surface area contributed by atoms with Gasteiger partial charge in [0.2, 0.25) is 0 Å². The minimum atomic E-state index is -4.58. The number of alkyl halides is 4. The Morgan fingerprint density at radius 2 is 1.52 bits per heavy atom. The molecule has 3 aliphatic rings. The van der Waals surface area contributed by atoms with Gasteiger partial charge in [-0.2, -0.15) is 13.2 Å². The predicted molar refractivity (Wildman–Crippen MR) is 94.9 cm³/mol. The third-order valence-corrected chi connectivity index (χ3v) is 7.40. The normalized spacial score (nSPS) is 44.1. The number of ketones is 1. The van der Waals surface area contributed by atoms with E-state index >= 15 is 0 Å². The topological polar surface area (TPSA) is 26.3 Å². The largest absolute Gasteiger partial charge is 0.394 e. The van der Waals surface area contributed by atoms with Gasteiger partial charge in [0.05, 0.1) is 18.6 Å². The van der Waals surface area contributed by atoms with E-state index < -0.39 is 30.1 Å². The number of rotatable bonds is 3. The first-order chi connectivity index (χ1) is 12.7. The molecular formula is C21H32F4O2. The summed E-state index contributed by atoms with van der Waals surface area (Å²) in [4.78, 5) is 12.8. The number of halogens is 4. The molecular weight excluding hydrogens is 360 g/mol. The molecule has 0 amide bonds. The second-order valence-electron chi connectivity index (χ2n) is 9.17. The molecule has 0 aromatic carbocycles. The van der Waals surface area contributed by atoms with E-state index in [0.717, 1.165) is 32.3 Å². The van der Waals surface area contributed by atoms with Crippen molar-refractivity contribution in [2.75, 3.05) is 6.61 Å². The summed E-state index contributed by atoms with van der Waals surface area (Å²) in [7, 11) is 0. The first-order valence-corrected chi connectivity index (χ1v) is 10.5. The van der Waals surface area contributed by atoms with Crippen LogP contribution in [0.4, 0.5) is 17.6 Å². The van der Waals surface area contributed by atoms with Gasteiger partial charge in [0.25, 0.3) is 0 Å². The maximum atomic E-state index is 14.7. The molecule has 0 aromatic rings. The summed E-state index contributed by atoms with van der Waals surface area (Å²) in [5.41, 5.74) is 0. The van der Waals surface area contributed by atoms with Crippen molar-refractivity contribution >= 4 is 5.78 Å². The van der Waals surface area contributed by atoms with Crippen LogP contribution in [0.15, 0.2) is 0 Å². The second kappa shape index (κ2) is 8.38. The Labute approximate surface area is 159 Å². The van der Waals surface area contributed by atoms with Gasteiger partial charge in [-0.25, -0.2) is 4.39 Å². The minimum absolute atomic E-state index is 0.252. The molecule has 2 aliphatic carbocycles. The van der Waals surface area contributed by atoms with Crippen molar-refractivity contribution in [3.05, 3.63) is 0 Å². The highest BCUT2D eigenvalue weighted by Crippen LogP contribution is 2.47. The second-order valence-corrected chi connectivity index (χ2v) is 9.17. The number of hydrogen-bond donors (Lipinski definition) is 0. The van der Waals surface area contributed by atoms with E-state index in [9.17, 15) is 22.4 Å². The Kier molecular flexibility index (Phi) is 6.54. The van der Waals surface area contributed by atoms with Crippen molar-refractivity contribution < 1.29 is 27.1 Å². The van der Waals surface area contributed by atoms with E-state index in [1.54, 1.807) is 0 Å². The Morgan fingerprint density at radius 3 is 2.07 bits per heavy atom. The molecule has 2 nitrogen and oxygen atoms in total. The van der Waals surface area contributed by atoms with Gasteiger partial charge >= 0.3 is 6.18 Å². The summed E-state index contributed by atoms with van der Waals surface area (Å²) in [6.07, 6.45) is -0.442. The van der Waals surface area contributed by atoms with Gasteiger partial charge in [0.15, 0.2) is 0 Å². The molecule has 27 heavy (non-hydrogen) atoms. The average Bonchev–Trinajstić information content (AvgIpc) is 2.61. The fraction of sp³-hybridized carbons (Fsp3) is 0.952. The molecule has 0 spiro atoms. The highest BCUT2D eigenvalue weighted by atomic mass is 19.4. The molecule has 156 valence electrons. The molecule has 0 radical (unpaired) electrons. The molecule has 2 saturated carbocycles. The molecule has 1 heterocycles. The fourth-order valence-electron chi connectivity index (χ4n) is 5.60.